The number of thioether (sulfide) groups is 1. The molecule has 6 heteroatoms. The van der Waals surface area contributed by atoms with Gasteiger partial charge in [-0.1, -0.05) is 48.8 Å². The average Bonchev–Trinajstić information content (AvgIpc) is 2.42. The molecule has 1 aromatic heterocycles. The van der Waals surface area contributed by atoms with Gasteiger partial charge in [0, 0.05) is 16.0 Å². The van der Waals surface area contributed by atoms with E-state index in [4.69, 9.17) is 11.6 Å². The number of hydrogen-bond donors (Lipinski definition) is 0. The summed E-state index contributed by atoms with van der Waals surface area (Å²) in [5, 5.41) is 0.447. The van der Waals surface area contributed by atoms with E-state index >= 15 is 0 Å². The standard InChI is InChI=1S/C14H13ClF2N2S/c1-2-3-11-12(18-8-19-13(11)15)9-4-6-10(7-5-9)20-14(16)17/h4-8,14H,2-3H2,1H3. The molecule has 0 aliphatic heterocycles. The Labute approximate surface area is 125 Å². The van der Waals surface area contributed by atoms with Gasteiger partial charge in [-0.25, -0.2) is 9.97 Å². The molecule has 2 rings (SSSR count). The van der Waals surface area contributed by atoms with Gasteiger partial charge >= 0.3 is 0 Å². The first-order chi connectivity index (χ1) is 9.61. The van der Waals surface area contributed by atoms with Crippen LogP contribution in [0, 0.1) is 0 Å². The predicted molar refractivity (Wildman–Crippen MR) is 78.3 cm³/mol. The largest absolute Gasteiger partial charge is 0.288 e. The van der Waals surface area contributed by atoms with Crippen LogP contribution in [0.15, 0.2) is 35.5 Å². The molecule has 0 fully saturated rings. The quantitative estimate of drug-likeness (QED) is 0.569. The second-order valence-electron chi connectivity index (χ2n) is 4.14. The molecule has 1 heterocycles. The highest BCUT2D eigenvalue weighted by Crippen LogP contribution is 2.30. The lowest BCUT2D eigenvalue weighted by Gasteiger charge is -2.09. The summed E-state index contributed by atoms with van der Waals surface area (Å²) in [6, 6.07) is 6.89. The maximum absolute atomic E-state index is 12.3. The Morgan fingerprint density at radius 2 is 1.90 bits per heavy atom. The van der Waals surface area contributed by atoms with E-state index in [-0.39, 0.29) is 0 Å². The molecule has 0 unspecified atom stereocenters. The smallest absolute Gasteiger partial charge is 0.236 e. The van der Waals surface area contributed by atoms with Crippen molar-refractivity contribution in [3.05, 3.63) is 41.3 Å². The third-order valence-electron chi connectivity index (χ3n) is 2.75. The lowest BCUT2D eigenvalue weighted by Crippen LogP contribution is -1.96. The molecule has 0 radical (unpaired) electrons. The first kappa shape index (κ1) is 15.2. The Morgan fingerprint density at radius 1 is 1.20 bits per heavy atom. The average molecular weight is 315 g/mol. The first-order valence-corrected chi connectivity index (χ1v) is 7.42. The summed E-state index contributed by atoms with van der Waals surface area (Å²) in [6.45, 7) is 2.05. The molecule has 0 N–H and O–H groups in total. The van der Waals surface area contributed by atoms with Crippen LogP contribution in [0.5, 0.6) is 0 Å². The van der Waals surface area contributed by atoms with Crippen LogP contribution in [0.4, 0.5) is 8.78 Å². The van der Waals surface area contributed by atoms with Gasteiger partial charge in [0.1, 0.15) is 11.5 Å². The molecule has 0 atom stereocenters. The van der Waals surface area contributed by atoms with Crippen molar-refractivity contribution < 1.29 is 8.78 Å². The molecule has 0 saturated heterocycles. The molecular formula is C14H13ClF2N2S. The molecule has 0 aliphatic rings. The fraction of sp³-hybridized carbons (Fsp3) is 0.286. The zero-order chi connectivity index (χ0) is 14.5. The summed E-state index contributed by atoms with van der Waals surface area (Å²) in [4.78, 5) is 8.79. The lowest BCUT2D eigenvalue weighted by molar-refractivity contribution is 0.252. The van der Waals surface area contributed by atoms with Gasteiger partial charge in [0.05, 0.1) is 5.69 Å². The van der Waals surface area contributed by atoms with Gasteiger partial charge in [-0.2, -0.15) is 8.78 Å². The lowest BCUT2D eigenvalue weighted by atomic mass is 10.0. The highest BCUT2D eigenvalue weighted by Gasteiger charge is 2.12. The minimum Gasteiger partial charge on any atom is -0.236 e. The molecule has 2 aromatic rings. The van der Waals surface area contributed by atoms with Crippen LogP contribution in [0.3, 0.4) is 0 Å². The van der Waals surface area contributed by atoms with Crippen molar-refractivity contribution in [2.24, 2.45) is 0 Å². The molecule has 20 heavy (non-hydrogen) atoms. The van der Waals surface area contributed by atoms with Crippen molar-refractivity contribution in [2.75, 3.05) is 0 Å². The Bertz CT molecular complexity index is 576. The molecule has 1 aromatic carbocycles. The maximum Gasteiger partial charge on any atom is 0.288 e. The Kier molecular flexibility index (Phi) is 5.31. The van der Waals surface area contributed by atoms with Gasteiger partial charge in [0.2, 0.25) is 0 Å². The molecule has 0 spiro atoms. The molecular weight excluding hydrogens is 302 g/mol. The van der Waals surface area contributed by atoms with E-state index in [1.807, 2.05) is 0 Å². The second-order valence-corrected chi connectivity index (χ2v) is 5.57. The fourth-order valence-electron chi connectivity index (χ4n) is 1.91. The summed E-state index contributed by atoms with van der Waals surface area (Å²) in [5.74, 6) is -2.41. The highest BCUT2D eigenvalue weighted by atomic mass is 35.5. The number of alkyl halides is 2. The van der Waals surface area contributed by atoms with Gasteiger partial charge in [0.25, 0.3) is 5.76 Å². The summed E-state index contributed by atoms with van der Waals surface area (Å²) in [7, 11) is 0. The van der Waals surface area contributed by atoms with Crippen LogP contribution in [0.25, 0.3) is 11.3 Å². The van der Waals surface area contributed by atoms with Crippen LogP contribution in [-0.2, 0) is 6.42 Å². The number of nitrogens with zero attached hydrogens (tertiary/aromatic N) is 2. The van der Waals surface area contributed by atoms with Gasteiger partial charge in [0.15, 0.2) is 0 Å². The van der Waals surface area contributed by atoms with E-state index in [9.17, 15) is 8.78 Å². The Morgan fingerprint density at radius 3 is 2.50 bits per heavy atom. The van der Waals surface area contributed by atoms with Crippen molar-refractivity contribution in [1.82, 2.24) is 9.97 Å². The molecule has 0 bridgehead atoms. The monoisotopic (exact) mass is 314 g/mol. The maximum atomic E-state index is 12.3. The number of aromatic nitrogens is 2. The number of halogens is 3. The van der Waals surface area contributed by atoms with Crippen LogP contribution in [0.1, 0.15) is 18.9 Å². The van der Waals surface area contributed by atoms with Gasteiger partial charge in [-0.05, 0) is 18.6 Å². The summed E-state index contributed by atoms with van der Waals surface area (Å²) in [6.07, 6.45) is 3.13. The van der Waals surface area contributed by atoms with E-state index < -0.39 is 5.76 Å². The minimum absolute atomic E-state index is 0.447. The highest BCUT2D eigenvalue weighted by molar-refractivity contribution is 7.99. The fourth-order valence-corrected chi connectivity index (χ4v) is 2.63. The topological polar surface area (TPSA) is 25.8 Å². The number of rotatable bonds is 5. The van der Waals surface area contributed by atoms with Crippen molar-refractivity contribution in [1.29, 1.82) is 0 Å². The van der Waals surface area contributed by atoms with Crippen molar-refractivity contribution >= 4 is 23.4 Å². The number of benzene rings is 1. The molecule has 2 nitrogen and oxygen atoms in total. The molecule has 0 amide bonds. The predicted octanol–water partition coefficient (Wildman–Crippen LogP) is 5.06. The van der Waals surface area contributed by atoms with Crippen molar-refractivity contribution in [3.8, 4) is 11.3 Å². The van der Waals surface area contributed by atoms with Crippen LogP contribution < -0.4 is 0 Å². The zero-order valence-electron chi connectivity index (χ0n) is 10.8. The van der Waals surface area contributed by atoms with E-state index in [2.05, 4.69) is 16.9 Å². The Hall–Kier alpha value is -1.20. The Balaban J connectivity index is 2.34. The third-order valence-corrected chi connectivity index (χ3v) is 3.79. The summed E-state index contributed by atoms with van der Waals surface area (Å²) in [5.41, 5.74) is 2.52. The van der Waals surface area contributed by atoms with Gasteiger partial charge in [-0.3, -0.25) is 0 Å². The minimum atomic E-state index is -2.41. The van der Waals surface area contributed by atoms with Crippen LogP contribution in [-0.4, -0.2) is 15.7 Å². The summed E-state index contributed by atoms with van der Waals surface area (Å²) >= 11 is 6.63. The van der Waals surface area contributed by atoms with E-state index in [0.717, 1.165) is 29.7 Å². The van der Waals surface area contributed by atoms with Crippen molar-refractivity contribution in [2.45, 2.75) is 30.4 Å². The van der Waals surface area contributed by atoms with Crippen LogP contribution >= 0.6 is 23.4 Å². The third kappa shape index (κ3) is 3.67. The van der Waals surface area contributed by atoms with E-state index in [0.29, 0.717) is 21.8 Å². The van der Waals surface area contributed by atoms with E-state index in [1.165, 1.54) is 6.33 Å². The molecule has 0 saturated carbocycles. The first-order valence-electron chi connectivity index (χ1n) is 6.16. The second kappa shape index (κ2) is 6.99. The number of hydrogen-bond acceptors (Lipinski definition) is 3. The van der Waals surface area contributed by atoms with Gasteiger partial charge in [-0.15, -0.1) is 0 Å². The molecule has 106 valence electrons. The normalized spacial score (nSPS) is 11.1. The molecule has 0 aliphatic carbocycles. The van der Waals surface area contributed by atoms with Gasteiger partial charge < -0.3 is 0 Å². The summed E-state index contributed by atoms with van der Waals surface area (Å²) < 4.78 is 24.6. The SMILES string of the molecule is CCCc1c(Cl)ncnc1-c1ccc(SC(F)F)cc1. The van der Waals surface area contributed by atoms with Crippen LogP contribution in [0.2, 0.25) is 5.15 Å². The van der Waals surface area contributed by atoms with Crippen molar-refractivity contribution in [3.63, 3.8) is 0 Å². The zero-order valence-corrected chi connectivity index (χ0v) is 12.4. The van der Waals surface area contributed by atoms with E-state index in [1.54, 1.807) is 24.3 Å².